The van der Waals surface area contributed by atoms with E-state index in [4.69, 9.17) is 14.2 Å². The van der Waals surface area contributed by atoms with Crippen molar-refractivity contribution in [2.75, 3.05) is 57.3 Å². The number of anilines is 2. The molecule has 1 aliphatic heterocycles. The molecule has 11 heteroatoms. The predicted octanol–water partition coefficient (Wildman–Crippen LogP) is 2.93. The molecular weight excluding hydrogens is 443 g/mol. The topological polar surface area (TPSA) is 89.1 Å². The molecule has 0 unspecified atom stereocenters. The van der Waals surface area contributed by atoms with Crippen LogP contribution >= 0.6 is 0 Å². The number of alkyl halides is 3. The van der Waals surface area contributed by atoms with Gasteiger partial charge in [0.15, 0.2) is 18.1 Å². The summed E-state index contributed by atoms with van der Waals surface area (Å²) in [7, 11) is 2.80. The molecule has 0 atom stereocenters. The largest absolute Gasteiger partial charge is 0.493 e. The highest BCUT2D eigenvalue weighted by Gasteiger charge is 2.35. The SMILES string of the molecule is CNC(=O)COc1ccc(C(=O)Nc2ccc(N3CCOCC3)cc2C(F)(F)F)cc1OC. The van der Waals surface area contributed by atoms with Crippen LogP contribution in [0.1, 0.15) is 15.9 Å². The molecule has 0 spiro atoms. The summed E-state index contributed by atoms with van der Waals surface area (Å²) in [4.78, 5) is 25.9. The zero-order chi connectivity index (χ0) is 24.0. The van der Waals surface area contributed by atoms with Gasteiger partial charge in [-0.2, -0.15) is 13.2 Å². The average Bonchev–Trinajstić information content (AvgIpc) is 2.82. The van der Waals surface area contributed by atoms with E-state index in [9.17, 15) is 22.8 Å². The molecule has 33 heavy (non-hydrogen) atoms. The van der Waals surface area contributed by atoms with Gasteiger partial charge < -0.3 is 29.7 Å². The molecule has 1 heterocycles. The Morgan fingerprint density at radius 1 is 1.09 bits per heavy atom. The van der Waals surface area contributed by atoms with Crippen molar-refractivity contribution < 1.29 is 37.0 Å². The van der Waals surface area contributed by atoms with Gasteiger partial charge in [0.1, 0.15) is 0 Å². The molecule has 1 saturated heterocycles. The Morgan fingerprint density at radius 3 is 2.45 bits per heavy atom. The number of amides is 2. The molecule has 3 rings (SSSR count). The lowest BCUT2D eigenvalue weighted by atomic mass is 10.1. The zero-order valence-corrected chi connectivity index (χ0v) is 18.1. The van der Waals surface area contributed by atoms with E-state index in [0.717, 1.165) is 6.07 Å². The first kappa shape index (κ1) is 24.2. The Kier molecular flexibility index (Phi) is 7.64. The van der Waals surface area contributed by atoms with Crippen LogP contribution in [-0.2, 0) is 15.7 Å². The van der Waals surface area contributed by atoms with Gasteiger partial charge in [0, 0.05) is 31.4 Å². The van der Waals surface area contributed by atoms with Gasteiger partial charge in [-0.3, -0.25) is 9.59 Å². The third-order valence-electron chi connectivity index (χ3n) is 5.00. The molecule has 8 nitrogen and oxygen atoms in total. The lowest BCUT2D eigenvalue weighted by molar-refractivity contribution is -0.136. The van der Waals surface area contributed by atoms with Crippen LogP contribution < -0.4 is 25.0 Å². The Hall–Kier alpha value is -3.47. The van der Waals surface area contributed by atoms with Crippen molar-refractivity contribution in [3.05, 3.63) is 47.5 Å². The second-order valence-corrected chi connectivity index (χ2v) is 7.11. The van der Waals surface area contributed by atoms with Gasteiger partial charge in [-0.15, -0.1) is 0 Å². The minimum Gasteiger partial charge on any atom is -0.493 e. The molecule has 0 saturated carbocycles. The van der Waals surface area contributed by atoms with Gasteiger partial charge in [-0.05, 0) is 36.4 Å². The lowest BCUT2D eigenvalue weighted by Gasteiger charge is -2.29. The summed E-state index contributed by atoms with van der Waals surface area (Å²) < 4.78 is 57.0. The fraction of sp³-hybridized carbons (Fsp3) is 0.364. The van der Waals surface area contributed by atoms with E-state index in [1.165, 1.54) is 44.5 Å². The van der Waals surface area contributed by atoms with Crippen LogP contribution in [0.3, 0.4) is 0 Å². The highest BCUT2D eigenvalue weighted by atomic mass is 19.4. The number of carbonyl (C=O) groups is 2. The highest BCUT2D eigenvalue weighted by Crippen LogP contribution is 2.38. The van der Waals surface area contributed by atoms with Crippen LogP contribution in [0.15, 0.2) is 36.4 Å². The van der Waals surface area contributed by atoms with Crippen molar-refractivity contribution in [2.45, 2.75) is 6.18 Å². The number of nitrogens with zero attached hydrogens (tertiary/aromatic N) is 1. The van der Waals surface area contributed by atoms with Gasteiger partial charge in [-0.1, -0.05) is 0 Å². The van der Waals surface area contributed by atoms with Crippen LogP contribution in [0, 0.1) is 0 Å². The van der Waals surface area contributed by atoms with Crippen LogP contribution in [0.5, 0.6) is 11.5 Å². The lowest BCUT2D eigenvalue weighted by Crippen LogP contribution is -2.36. The first-order valence-corrected chi connectivity index (χ1v) is 10.1. The summed E-state index contributed by atoms with van der Waals surface area (Å²) in [6.07, 6.45) is -4.67. The first-order valence-electron chi connectivity index (χ1n) is 10.1. The van der Waals surface area contributed by atoms with Crippen molar-refractivity contribution in [2.24, 2.45) is 0 Å². The van der Waals surface area contributed by atoms with Gasteiger partial charge >= 0.3 is 6.18 Å². The highest BCUT2D eigenvalue weighted by molar-refractivity contribution is 6.05. The Labute approximate surface area is 188 Å². The van der Waals surface area contributed by atoms with Crippen LogP contribution in [-0.4, -0.2) is 58.9 Å². The second-order valence-electron chi connectivity index (χ2n) is 7.11. The minimum absolute atomic E-state index is 0.0597. The number of rotatable bonds is 7. The number of likely N-dealkylation sites (N-methyl/N-ethyl adjacent to an activating group) is 1. The number of morpholine rings is 1. The molecule has 0 bridgehead atoms. The number of halogens is 3. The summed E-state index contributed by atoms with van der Waals surface area (Å²) >= 11 is 0. The average molecular weight is 467 g/mol. The van der Waals surface area contributed by atoms with E-state index in [2.05, 4.69) is 10.6 Å². The number of nitrogens with one attached hydrogen (secondary N) is 2. The van der Waals surface area contributed by atoms with Crippen molar-refractivity contribution in [1.82, 2.24) is 5.32 Å². The van der Waals surface area contributed by atoms with Crippen molar-refractivity contribution in [1.29, 1.82) is 0 Å². The second kappa shape index (κ2) is 10.4. The Balaban J connectivity index is 1.82. The predicted molar refractivity (Wildman–Crippen MR) is 115 cm³/mol. The maximum Gasteiger partial charge on any atom is 0.418 e. The maximum atomic E-state index is 13.7. The summed E-state index contributed by atoms with van der Waals surface area (Å²) in [5.74, 6) is -0.747. The van der Waals surface area contributed by atoms with E-state index in [1.54, 1.807) is 4.90 Å². The third-order valence-corrected chi connectivity index (χ3v) is 5.00. The number of ether oxygens (including phenoxy) is 3. The molecule has 2 aromatic carbocycles. The minimum atomic E-state index is -4.67. The van der Waals surface area contributed by atoms with E-state index in [0.29, 0.717) is 32.0 Å². The zero-order valence-electron chi connectivity index (χ0n) is 18.1. The summed E-state index contributed by atoms with van der Waals surface area (Å²) in [5.41, 5.74) is -0.840. The van der Waals surface area contributed by atoms with Crippen LogP contribution in [0.2, 0.25) is 0 Å². The Bertz CT molecular complexity index is 1010. The Morgan fingerprint density at radius 2 is 1.82 bits per heavy atom. The van der Waals surface area contributed by atoms with Gasteiger partial charge in [-0.25, -0.2) is 0 Å². The van der Waals surface area contributed by atoms with Gasteiger partial charge in [0.2, 0.25) is 0 Å². The van der Waals surface area contributed by atoms with Gasteiger partial charge in [0.25, 0.3) is 11.8 Å². The fourth-order valence-corrected chi connectivity index (χ4v) is 3.23. The number of carbonyl (C=O) groups excluding carboxylic acids is 2. The van der Waals surface area contributed by atoms with Crippen LogP contribution in [0.25, 0.3) is 0 Å². The first-order chi connectivity index (χ1) is 15.7. The third kappa shape index (κ3) is 6.07. The normalized spacial score (nSPS) is 13.9. The summed E-state index contributed by atoms with van der Waals surface area (Å²) in [6, 6.07) is 7.90. The van der Waals surface area contributed by atoms with Crippen molar-refractivity contribution >= 4 is 23.2 Å². The number of hydrogen-bond acceptors (Lipinski definition) is 6. The molecule has 2 N–H and O–H groups in total. The molecule has 1 fully saturated rings. The van der Waals surface area contributed by atoms with E-state index < -0.39 is 17.6 Å². The smallest absolute Gasteiger partial charge is 0.418 e. The van der Waals surface area contributed by atoms with E-state index in [-0.39, 0.29) is 35.3 Å². The number of benzene rings is 2. The molecule has 0 radical (unpaired) electrons. The molecule has 0 aliphatic carbocycles. The quantitative estimate of drug-likeness (QED) is 0.651. The molecule has 1 aliphatic rings. The fourth-order valence-electron chi connectivity index (χ4n) is 3.23. The molecular formula is C22H24F3N3O5. The van der Waals surface area contributed by atoms with Crippen molar-refractivity contribution in [3.63, 3.8) is 0 Å². The van der Waals surface area contributed by atoms with E-state index in [1.807, 2.05) is 0 Å². The molecule has 2 amide bonds. The standard InChI is InChI=1S/C22H24F3N3O5/c1-26-20(29)13-33-18-6-3-14(11-19(18)31-2)21(30)27-17-5-4-15(12-16(17)22(23,24)25)28-7-9-32-10-8-28/h3-6,11-12H,7-10,13H2,1-2H3,(H,26,29)(H,27,30). The van der Waals surface area contributed by atoms with Crippen LogP contribution in [0.4, 0.5) is 24.5 Å². The molecule has 178 valence electrons. The number of methoxy groups -OCH3 is 1. The van der Waals surface area contributed by atoms with Gasteiger partial charge in [0.05, 0.1) is 31.6 Å². The van der Waals surface area contributed by atoms with Crippen molar-refractivity contribution in [3.8, 4) is 11.5 Å². The number of hydrogen-bond donors (Lipinski definition) is 2. The molecule has 2 aromatic rings. The maximum absolute atomic E-state index is 13.7. The summed E-state index contributed by atoms with van der Waals surface area (Å²) in [6.45, 7) is 1.58. The summed E-state index contributed by atoms with van der Waals surface area (Å²) in [5, 5.41) is 4.73. The van der Waals surface area contributed by atoms with E-state index >= 15 is 0 Å². The molecule has 0 aromatic heterocycles. The monoisotopic (exact) mass is 467 g/mol.